The lowest BCUT2D eigenvalue weighted by Gasteiger charge is -2.11. The van der Waals surface area contributed by atoms with Gasteiger partial charge in [0.1, 0.15) is 17.5 Å². The third-order valence-corrected chi connectivity index (χ3v) is 3.06. The van der Waals surface area contributed by atoms with Gasteiger partial charge in [-0.2, -0.15) is 0 Å². The molecule has 1 aromatic heterocycles. The number of halogens is 2. The van der Waals surface area contributed by atoms with Gasteiger partial charge in [-0.3, -0.25) is 0 Å². The van der Waals surface area contributed by atoms with E-state index in [1.54, 1.807) is 13.0 Å². The summed E-state index contributed by atoms with van der Waals surface area (Å²) in [5.74, 6) is 0.671. The topological polar surface area (TPSA) is 49.8 Å². The predicted molar refractivity (Wildman–Crippen MR) is 84.4 cm³/mol. The van der Waals surface area contributed by atoms with Crippen LogP contribution >= 0.6 is 0 Å². The zero-order chi connectivity index (χ0) is 16.1. The van der Waals surface area contributed by atoms with Crippen LogP contribution in [0.25, 0.3) is 0 Å². The highest BCUT2D eigenvalue weighted by Gasteiger charge is 2.06. The van der Waals surface area contributed by atoms with Gasteiger partial charge >= 0.3 is 0 Å². The molecule has 0 aliphatic carbocycles. The van der Waals surface area contributed by atoms with E-state index in [9.17, 15) is 8.78 Å². The maximum Gasteiger partial charge on any atom is 0.160 e. The standard InChI is InChI=1S/C16H20F2N4/c1-10(2)6-7-19-15-9-16(21-11(3)20-15)22-12-4-5-13(17)14(18)8-12/h4-5,8-10H,6-7H2,1-3H3,(H2,19,20,21,22). The highest BCUT2D eigenvalue weighted by molar-refractivity contribution is 5.59. The maximum atomic E-state index is 13.2. The van der Waals surface area contributed by atoms with E-state index < -0.39 is 11.6 Å². The molecule has 4 nitrogen and oxygen atoms in total. The Kier molecular flexibility index (Phi) is 5.25. The van der Waals surface area contributed by atoms with Gasteiger partial charge in [-0.25, -0.2) is 18.7 Å². The second-order valence-corrected chi connectivity index (χ2v) is 5.55. The highest BCUT2D eigenvalue weighted by atomic mass is 19.2. The Bertz CT molecular complexity index is 644. The monoisotopic (exact) mass is 306 g/mol. The fourth-order valence-electron chi connectivity index (χ4n) is 1.93. The van der Waals surface area contributed by atoms with E-state index in [2.05, 4.69) is 34.4 Å². The minimum Gasteiger partial charge on any atom is -0.370 e. The lowest BCUT2D eigenvalue weighted by molar-refractivity contribution is 0.509. The third-order valence-electron chi connectivity index (χ3n) is 3.06. The molecule has 0 aliphatic heterocycles. The molecule has 0 amide bonds. The first-order valence-corrected chi connectivity index (χ1v) is 7.25. The van der Waals surface area contributed by atoms with Crippen LogP contribution in [0.3, 0.4) is 0 Å². The van der Waals surface area contributed by atoms with Crippen LogP contribution in [0.5, 0.6) is 0 Å². The van der Waals surface area contributed by atoms with Crippen LogP contribution in [0.15, 0.2) is 24.3 Å². The van der Waals surface area contributed by atoms with E-state index in [1.807, 2.05) is 0 Å². The second kappa shape index (κ2) is 7.15. The van der Waals surface area contributed by atoms with Crippen molar-refractivity contribution in [1.82, 2.24) is 9.97 Å². The number of anilines is 3. The number of aromatic nitrogens is 2. The molecule has 0 spiro atoms. The van der Waals surface area contributed by atoms with Crippen LogP contribution in [0.2, 0.25) is 0 Å². The molecule has 1 aromatic carbocycles. The van der Waals surface area contributed by atoms with Crippen molar-refractivity contribution >= 4 is 17.3 Å². The van der Waals surface area contributed by atoms with Crippen molar-refractivity contribution < 1.29 is 8.78 Å². The maximum absolute atomic E-state index is 13.2. The van der Waals surface area contributed by atoms with Gasteiger partial charge in [0, 0.05) is 24.4 Å². The van der Waals surface area contributed by atoms with Crippen LogP contribution in [0.1, 0.15) is 26.1 Å². The average Bonchev–Trinajstić information content (AvgIpc) is 2.42. The zero-order valence-electron chi connectivity index (χ0n) is 13.0. The second-order valence-electron chi connectivity index (χ2n) is 5.55. The van der Waals surface area contributed by atoms with Gasteiger partial charge in [0.15, 0.2) is 11.6 Å². The minimum atomic E-state index is -0.897. The smallest absolute Gasteiger partial charge is 0.160 e. The molecular formula is C16H20F2N4. The molecule has 0 radical (unpaired) electrons. The zero-order valence-corrected chi connectivity index (χ0v) is 13.0. The first-order valence-electron chi connectivity index (χ1n) is 7.25. The molecule has 0 aliphatic rings. The lowest BCUT2D eigenvalue weighted by atomic mass is 10.1. The molecule has 0 fully saturated rings. The lowest BCUT2D eigenvalue weighted by Crippen LogP contribution is -2.08. The Hall–Kier alpha value is -2.24. The summed E-state index contributed by atoms with van der Waals surface area (Å²) in [6, 6.07) is 5.38. The molecular weight excluding hydrogens is 286 g/mol. The molecule has 0 unspecified atom stereocenters. The molecule has 0 saturated carbocycles. The minimum absolute atomic E-state index is 0.435. The van der Waals surface area contributed by atoms with Gasteiger partial charge in [0.25, 0.3) is 0 Å². The van der Waals surface area contributed by atoms with Gasteiger partial charge in [0.05, 0.1) is 0 Å². The number of hydrogen-bond acceptors (Lipinski definition) is 4. The van der Waals surface area contributed by atoms with E-state index >= 15 is 0 Å². The highest BCUT2D eigenvalue weighted by Crippen LogP contribution is 2.19. The quantitative estimate of drug-likeness (QED) is 0.837. The van der Waals surface area contributed by atoms with Crippen LogP contribution in [-0.2, 0) is 0 Å². The Balaban J connectivity index is 2.10. The van der Waals surface area contributed by atoms with Crippen molar-refractivity contribution in [2.45, 2.75) is 27.2 Å². The van der Waals surface area contributed by atoms with E-state index in [1.165, 1.54) is 6.07 Å². The first-order chi connectivity index (χ1) is 10.4. The van der Waals surface area contributed by atoms with Crippen molar-refractivity contribution in [2.24, 2.45) is 5.92 Å². The molecule has 118 valence electrons. The Morgan fingerprint density at radius 1 is 1.05 bits per heavy atom. The summed E-state index contributed by atoms with van der Waals surface area (Å²) in [5.41, 5.74) is 0.435. The number of rotatable bonds is 6. The largest absolute Gasteiger partial charge is 0.370 e. The van der Waals surface area contributed by atoms with E-state index in [0.717, 1.165) is 25.1 Å². The SMILES string of the molecule is Cc1nc(NCCC(C)C)cc(Nc2ccc(F)c(F)c2)n1. The first kappa shape index (κ1) is 16.1. The summed E-state index contributed by atoms with van der Waals surface area (Å²) in [4.78, 5) is 8.55. The summed E-state index contributed by atoms with van der Waals surface area (Å²) in [7, 11) is 0. The molecule has 2 N–H and O–H groups in total. The molecule has 1 heterocycles. The van der Waals surface area contributed by atoms with Gasteiger partial charge in [-0.15, -0.1) is 0 Å². The van der Waals surface area contributed by atoms with Crippen molar-refractivity contribution in [3.8, 4) is 0 Å². The molecule has 0 bridgehead atoms. The fraction of sp³-hybridized carbons (Fsp3) is 0.375. The summed E-state index contributed by atoms with van der Waals surface area (Å²) in [6.07, 6.45) is 1.04. The molecule has 6 heteroatoms. The molecule has 0 atom stereocenters. The van der Waals surface area contributed by atoms with Crippen molar-refractivity contribution in [3.63, 3.8) is 0 Å². The number of nitrogens with zero attached hydrogens (tertiary/aromatic N) is 2. The van der Waals surface area contributed by atoms with E-state index in [-0.39, 0.29) is 0 Å². The normalized spacial score (nSPS) is 10.8. The number of hydrogen-bond donors (Lipinski definition) is 2. The number of nitrogens with one attached hydrogen (secondary N) is 2. The summed E-state index contributed by atoms with van der Waals surface area (Å²) in [6.45, 7) is 6.91. The van der Waals surface area contributed by atoms with Crippen molar-refractivity contribution in [3.05, 3.63) is 41.7 Å². The number of benzene rings is 1. The third kappa shape index (κ3) is 4.65. The fourth-order valence-corrected chi connectivity index (χ4v) is 1.93. The molecule has 0 saturated heterocycles. The summed E-state index contributed by atoms with van der Waals surface area (Å²) < 4.78 is 26.2. The van der Waals surface area contributed by atoms with Gasteiger partial charge in [0.2, 0.25) is 0 Å². The van der Waals surface area contributed by atoms with Gasteiger partial charge in [-0.05, 0) is 31.4 Å². The predicted octanol–water partition coefficient (Wildman–Crippen LogP) is 4.26. The van der Waals surface area contributed by atoms with E-state index in [4.69, 9.17) is 0 Å². The van der Waals surface area contributed by atoms with Gasteiger partial charge < -0.3 is 10.6 Å². The van der Waals surface area contributed by atoms with Crippen LogP contribution in [0, 0.1) is 24.5 Å². The Morgan fingerprint density at radius 3 is 2.45 bits per heavy atom. The Morgan fingerprint density at radius 2 is 1.77 bits per heavy atom. The van der Waals surface area contributed by atoms with Crippen molar-refractivity contribution in [1.29, 1.82) is 0 Å². The molecule has 2 rings (SSSR count). The van der Waals surface area contributed by atoms with Crippen LogP contribution < -0.4 is 10.6 Å². The van der Waals surface area contributed by atoms with Crippen LogP contribution in [-0.4, -0.2) is 16.5 Å². The van der Waals surface area contributed by atoms with Crippen molar-refractivity contribution in [2.75, 3.05) is 17.2 Å². The van der Waals surface area contributed by atoms with Crippen LogP contribution in [0.4, 0.5) is 26.1 Å². The summed E-state index contributed by atoms with van der Waals surface area (Å²) >= 11 is 0. The summed E-state index contributed by atoms with van der Waals surface area (Å²) in [5, 5.41) is 6.19. The number of aryl methyl sites for hydroxylation is 1. The average molecular weight is 306 g/mol. The Labute approximate surface area is 129 Å². The van der Waals surface area contributed by atoms with E-state index in [0.29, 0.717) is 29.1 Å². The molecule has 22 heavy (non-hydrogen) atoms. The molecule has 2 aromatic rings. The van der Waals surface area contributed by atoms with Gasteiger partial charge in [-0.1, -0.05) is 13.8 Å².